The minimum absolute atomic E-state index is 0.0161. The predicted molar refractivity (Wildman–Crippen MR) is 93.7 cm³/mol. The third kappa shape index (κ3) is 5.79. The van der Waals surface area contributed by atoms with Gasteiger partial charge in [-0.1, -0.05) is 0 Å². The summed E-state index contributed by atoms with van der Waals surface area (Å²) in [5.74, 6) is -0.106. The van der Waals surface area contributed by atoms with Crippen molar-refractivity contribution in [1.29, 1.82) is 0 Å². The summed E-state index contributed by atoms with van der Waals surface area (Å²) in [5.41, 5.74) is 0. The van der Waals surface area contributed by atoms with E-state index in [1.54, 1.807) is 0 Å². The van der Waals surface area contributed by atoms with Crippen LogP contribution in [-0.4, -0.2) is 71.6 Å². The highest BCUT2D eigenvalue weighted by molar-refractivity contribution is 7.90. The Labute approximate surface area is 153 Å². The summed E-state index contributed by atoms with van der Waals surface area (Å²) in [6, 6.07) is 2.19. The van der Waals surface area contributed by atoms with Gasteiger partial charge in [0, 0.05) is 33.4 Å². The van der Waals surface area contributed by atoms with E-state index in [0.717, 1.165) is 6.07 Å². The van der Waals surface area contributed by atoms with Crippen LogP contribution in [0.4, 0.5) is 0 Å². The third-order valence-electron chi connectivity index (χ3n) is 3.23. The highest BCUT2D eigenvalue weighted by Gasteiger charge is 2.27. The molecule has 1 rings (SSSR count). The van der Waals surface area contributed by atoms with Gasteiger partial charge in [-0.05, 0) is 6.07 Å². The standard InChI is InChI=1S/C14H24N2O8S2/c1-21-7-5-15-25(17,18)13-10-14(12(24-4)9-11(13)23-3)26(19,20)16-6-8-22-2/h9-10,15-16H,5-8H2,1-4H3. The van der Waals surface area contributed by atoms with Crippen LogP contribution in [-0.2, 0) is 29.5 Å². The lowest BCUT2D eigenvalue weighted by Crippen LogP contribution is -2.29. The maximum atomic E-state index is 12.5. The average molecular weight is 412 g/mol. The fourth-order valence-electron chi connectivity index (χ4n) is 1.97. The van der Waals surface area contributed by atoms with Crippen LogP contribution in [0.5, 0.6) is 11.5 Å². The van der Waals surface area contributed by atoms with Crippen LogP contribution in [0.1, 0.15) is 0 Å². The van der Waals surface area contributed by atoms with E-state index in [0.29, 0.717) is 0 Å². The summed E-state index contributed by atoms with van der Waals surface area (Å²) in [5, 5.41) is 0. The molecule has 0 radical (unpaired) electrons. The van der Waals surface area contributed by atoms with Gasteiger partial charge in [0.15, 0.2) is 0 Å². The van der Waals surface area contributed by atoms with Gasteiger partial charge in [-0.15, -0.1) is 0 Å². The molecule has 0 fully saturated rings. The summed E-state index contributed by atoms with van der Waals surface area (Å²) < 4.78 is 74.4. The number of methoxy groups -OCH3 is 4. The zero-order valence-corrected chi connectivity index (χ0v) is 16.7. The van der Waals surface area contributed by atoms with E-state index in [4.69, 9.17) is 18.9 Å². The van der Waals surface area contributed by atoms with E-state index in [2.05, 4.69) is 9.44 Å². The second-order valence-corrected chi connectivity index (χ2v) is 8.41. The highest BCUT2D eigenvalue weighted by Crippen LogP contribution is 2.34. The molecule has 0 heterocycles. The van der Waals surface area contributed by atoms with Crippen LogP contribution in [0.2, 0.25) is 0 Å². The van der Waals surface area contributed by atoms with Crippen molar-refractivity contribution in [3.63, 3.8) is 0 Å². The third-order valence-corrected chi connectivity index (χ3v) is 6.19. The van der Waals surface area contributed by atoms with Crippen LogP contribution in [0, 0.1) is 0 Å². The second kappa shape index (κ2) is 10.0. The van der Waals surface area contributed by atoms with Crippen LogP contribution < -0.4 is 18.9 Å². The minimum atomic E-state index is -4.04. The highest BCUT2D eigenvalue weighted by atomic mass is 32.2. The Morgan fingerprint density at radius 2 is 1.12 bits per heavy atom. The van der Waals surface area contributed by atoms with Crippen LogP contribution >= 0.6 is 0 Å². The zero-order valence-electron chi connectivity index (χ0n) is 15.1. The van der Waals surface area contributed by atoms with E-state index in [9.17, 15) is 16.8 Å². The minimum Gasteiger partial charge on any atom is -0.495 e. The smallest absolute Gasteiger partial charge is 0.244 e. The first-order valence-electron chi connectivity index (χ1n) is 7.46. The fraction of sp³-hybridized carbons (Fsp3) is 0.571. The number of hydrogen-bond acceptors (Lipinski definition) is 8. The molecule has 12 heteroatoms. The number of ether oxygens (including phenoxy) is 4. The van der Waals surface area contributed by atoms with Crippen LogP contribution in [0.15, 0.2) is 21.9 Å². The van der Waals surface area contributed by atoms with Crippen LogP contribution in [0.25, 0.3) is 0 Å². The quantitative estimate of drug-likeness (QED) is 0.442. The molecule has 0 aliphatic carbocycles. The first kappa shape index (κ1) is 22.6. The zero-order chi connectivity index (χ0) is 19.8. The van der Waals surface area contributed by atoms with Crippen molar-refractivity contribution < 1.29 is 35.8 Å². The molecule has 0 aliphatic heterocycles. The molecule has 0 aliphatic rings. The van der Waals surface area contributed by atoms with Crippen molar-refractivity contribution in [3.05, 3.63) is 12.1 Å². The Balaban J connectivity index is 3.40. The van der Waals surface area contributed by atoms with Gasteiger partial charge in [-0.3, -0.25) is 0 Å². The summed E-state index contributed by atoms with van der Waals surface area (Å²) in [7, 11) is -2.67. The van der Waals surface area contributed by atoms with Gasteiger partial charge in [0.2, 0.25) is 20.0 Å². The van der Waals surface area contributed by atoms with Crippen molar-refractivity contribution in [3.8, 4) is 11.5 Å². The summed E-state index contributed by atoms with van der Waals surface area (Å²) >= 11 is 0. The molecule has 26 heavy (non-hydrogen) atoms. The van der Waals surface area contributed by atoms with Gasteiger partial charge in [-0.2, -0.15) is 0 Å². The molecule has 10 nitrogen and oxygen atoms in total. The van der Waals surface area contributed by atoms with Gasteiger partial charge < -0.3 is 18.9 Å². The summed E-state index contributed by atoms with van der Waals surface area (Å²) in [6.07, 6.45) is 0. The molecule has 2 N–H and O–H groups in total. The van der Waals surface area contributed by atoms with E-state index >= 15 is 0 Å². The number of sulfonamides is 2. The molecule has 150 valence electrons. The van der Waals surface area contributed by atoms with Crippen LogP contribution in [0.3, 0.4) is 0 Å². The maximum absolute atomic E-state index is 12.5. The van der Waals surface area contributed by atoms with E-state index in [1.807, 2.05) is 0 Å². The Hall–Kier alpha value is -1.44. The SMILES string of the molecule is COCCNS(=O)(=O)c1cc(S(=O)(=O)NCCOC)c(OC)cc1OC. The molecule has 0 bridgehead atoms. The monoisotopic (exact) mass is 412 g/mol. The van der Waals surface area contributed by atoms with E-state index < -0.39 is 20.0 Å². The first-order valence-corrected chi connectivity index (χ1v) is 10.4. The topological polar surface area (TPSA) is 129 Å². The van der Waals surface area contributed by atoms with Gasteiger partial charge in [0.25, 0.3) is 0 Å². The number of hydrogen-bond donors (Lipinski definition) is 2. The van der Waals surface area contributed by atoms with E-state index in [1.165, 1.54) is 34.5 Å². The largest absolute Gasteiger partial charge is 0.495 e. The lowest BCUT2D eigenvalue weighted by Gasteiger charge is -2.16. The molecule has 1 aromatic carbocycles. The van der Waals surface area contributed by atoms with Crippen molar-refractivity contribution in [2.24, 2.45) is 0 Å². The predicted octanol–water partition coefficient (Wildman–Crippen LogP) is -0.447. The van der Waals surface area contributed by atoms with Crippen molar-refractivity contribution >= 4 is 20.0 Å². The molecule has 0 aromatic heterocycles. The Bertz CT molecular complexity index is 730. The molecule has 0 atom stereocenters. The maximum Gasteiger partial charge on any atom is 0.244 e. The van der Waals surface area contributed by atoms with Gasteiger partial charge in [0.05, 0.1) is 27.4 Å². The lowest BCUT2D eigenvalue weighted by molar-refractivity contribution is 0.204. The number of nitrogens with one attached hydrogen (secondary N) is 2. The Kier molecular flexibility index (Phi) is 8.73. The molecule has 1 aromatic rings. The number of rotatable bonds is 12. The van der Waals surface area contributed by atoms with Crippen molar-refractivity contribution in [2.75, 3.05) is 54.7 Å². The molecule has 0 unspecified atom stereocenters. The Morgan fingerprint density at radius 3 is 1.42 bits per heavy atom. The van der Waals surface area contributed by atoms with Gasteiger partial charge >= 0.3 is 0 Å². The summed E-state index contributed by atoms with van der Waals surface area (Å²) in [6.45, 7) is 0.341. The molecule has 0 spiro atoms. The second-order valence-electron chi connectivity index (χ2n) is 4.94. The molecule has 0 amide bonds. The molecule has 0 saturated heterocycles. The lowest BCUT2D eigenvalue weighted by atomic mass is 10.3. The van der Waals surface area contributed by atoms with Crippen molar-refractivity contribution in [1.82, 2.24) is 9.44 Å². The first-order chi connectivity index (χ1) is 12.2. The summed E-state index contributed by atoms with van der Waals surface area (Å²) in [4.78, 5) is -0.659. The normalized spacial score (nSPS) is 12.2. The molecule has 0 saturated carbocycles. The van der Waals surface area contributed by atoms with E-state index in [-0.39, 0.29) is 47.6 Å². The fourth-order valence-corrected chi connectivity index (χ4v) is 4.42. The van der Waals surface area contributed by atoms with Gasteiger partial charge in [0.1, 0.15) is 21.3 Å². The molecular formula is C14H24N2O8S2. The molecular weight excluding hydrogens is 388 g/mol. The Morgan fingerprint density at radius 1 is 0.731 bits per heavy atom. The van der Waals surface area contributed by atoms with Gasteiger partial charge in [-0.25, -0.2) is 26.3 Å². The average Bonchev–Trinajstić information content (AvgIpc) is 2.60. The number of benzene rings is 1. The van der Waals surface area contributed by atoms with Crippen molar-refractivity contribution in [2.45, 2.75) is 9.79 Å².